The van der Waals surface area contributed by atoms with Crippen LogP contribution >= 0.6 is 11.5 Å². The van der Waals surface area contributed by atoms with E-state index in [1.807, 2.05) is 0 Å². The van der Waals surface area contributed by atoms with E-state index in [2.05, 4.69) is 9.69 Å². The topological polar surface area (TPSA) is 68.0 Å². The lowest BCUT2D eigenvalue weighted by molar-refractivity contribution is 0.104. The largest absolute Gasteiger partial charge is 0.394 e. The molecule has 3 N–H and O–H groups in total. The van der Waals surface area contributed by atoms with Crippen LogP contribution in [0.25, 0.3) is 0 Å². The van der Waals surface area contributed by atoms with Crippen LogP contribution in [0.1, 0.15) is 15.2 Å². The van der Waals surface area contributed by atoms with Crippen molar-refractivity contribution in [1.82, 2.24) is 4.37 Å². The highest BCUT2D eigenvalue weighted by Crippen LogP contribution is 2.27. The molecule has 0 saturated carbocycles. The summed E-state index contributed by atoms with van der Waals surface area (Å²) in [4.78, 5) is 12.4. The molecule has 1 heterocycles. The van der Waals surface area contributed by atoms with E-state index in [4.69, 9.17) is 5.73 Å². The number of nitrogen functional groups attached to an aromatic ring is 1. The van der Waals surface area contributed by atoms with Gasteiger partial charge in [-0.1, -0.05) is 0 Å². The van der Waals surface area contributed by atoms with E-state index in [0.29, 0.717) is 21.9 Å². The normalized spacial score (nSPS) is 10.2. The van der Waals surface area contributed by atoms with Crippen LogP contribution in [0, 0.1) is 5.82 Å². The molecule has 0 radical (unpaired) electrons. The average Bonchev–Trinajstić information content (AvgIpc) is 2.70. The van der Waals surface area contributed by atoms with E-state index < -0.39 is 0 Å². The van der Waals surface area contributed by atoms with Crippen molar-refractivity contribution in [3.8, 4) is 0 Å². The Morgan fingerprint density at radius 3 is 2.59 bits per heavy atom. The van der Waals surface area contributed by atoms with Crippen LogP contribution in [-0.2, 0) is 0 Å². The third-order valence-corrected chi connectivity index (χ3v) is 3.14. The highest BCUT2D eigenvalue weighted by atomic mass is 32.1. The summed E-state index contributed by atoms with van der Waals surface area (Å²) in [6, 6.07) is 5.33. The van der Waals surface area contributed by atoms with Gasteiger partial charge >= 0.3 is 0 Å². The first-order valence-electron chi connectivity index (χ1n) is 4.86. The van der Waals surface area contributed by atoms with Gasteiger partial charge in [0.1, 0.15) is 10.7 Å². The van der Waals surface area contributed by atoms with Gasteiger partial charge in [0.05, 0.1) is 5.69 Å². The Hall–Kier alpha value is -1.95. The highest BCUT2D eigenvalue weighted by Gasteiger charge is 2.18. The lowest BCUT2D eigenvalue weighted by Gasteiger charge is -2.00. The van der Waals surface area contributed by atoms with E-state index in [-0.39, 0.29) is 11.6 Å². The Kier molecular flexibility index (Phi) is 3.06. The molecule has 6 heteroatoms. The summed E-state index contributed by atoms with van der Waals surface area (Å²) in [5.41, 5.74) is 6.49. The number of carbonyl (C=O) groups excluding carboxylic acids is 1. The molecule has 17 heavy (non-hydrogen) atoms. The number of aromatic nitrogens is 1. The molecule has 0 spiro atoms. The maximum atomic E-state index is 12.7. The average molecular weight is 251 g/mol. The summed E-state index contributed by atoms with van der Waals surface area (Å²) in [7, 11) is 1.68. The van der Waals surface area contributed by atoms with Crippen LogP contribution < -0.4 is 11.1 Å². The molecule has 0 amide bonds. The van der Waals surface area contributed by atoms with Gasteiger partial charge in [0.15, 0.2) is 5.82 Å². The third-order valence-electron chi connectivity index (χ3n) is 2.28. The van der Waals surface area contributed by atoms with Gasteiger partial charge in [0, 0.05) is 12.6 Å². The van der Waals surface area contributed by atoms with Gasteiger partial charge in [-0.05, 0) is 35.8 Å². The highest BCUT2D eigenvalue weighted by molar-refractivity contribution is 7.09. The number of nitrogens with zero attached hydrogens (tertiary/aromatic N) is 1. The minimum absolute atomic E-state index is 0.249. The fourth-order valence-electron chi connectivity index (χ4n) is 1.37. The van der Waals surface area contributed by atoms with Crippen molar-refractivity contribution in [2.75, 3.05) is 18.1 Å². The number of nitrogens with one attached hydrogen (secondary N) is 1. The van der Waals surface area contributed by atoms with Crippen molar-refractivity contribution in [3.63, 3.8) is 0 Å². The van der Waals surface area contributed by atoms with Crippen LogP contribution in [0.4, 0.5) is 15.9 Å². The Morgan fingerprint density at radius 2 is 2.06 bits per heavy atom. The van der Waals surface area contributed by atoms with Gasteiger partial charge in [0.2, 0.25) is 5.78 Å². The van der Waals surface area contributed by atoms with Crippen LogP contribution in [0.15, 0.2) is 24.3 Å². The lowest BCUT2D eigenvalue weighted by atomic mass is 10.1. The Balaban J connectivity index is 2.37. The van der Waals surface area contributed by atoms with E-state index in [1.54, 1.807) is 7.05 Å². The van der Waals surface area contributed by atoms with Crippen molar-refractivity contribution in [2.24, 2.45) is 0 Å². The van der Waals surface area contributed by atoms with Crippen LogP contribution in [0.5, 0.6) is 0 Å². The standard InChI is InChI=1S/C11H10FN3OS/c1-14-11-8(13)10(17-15-11)9(16)6-2-4-7(12)5-3-6/h2-5H,13H2,1H3,(H,14,15). The molecule has 0 bridgehead atoms. The second-order valence-corrected chi connectivity index (χ2v) is 4.13. The maximum Gasteiger partial charge on any atom is 0.206 e. The van der Waals surface area contributed by atoms with Gasteiger partial charge < -0.3 is 11.1 Å². The number of anilines is 2. The van der Waals surface area contributed by atoms with Crippen molar-refractivity contribution in [3.05, 3.63) is 40.5 Å². The first-order chi connectivity index (χ1) is 8.13. The molecule has 88 valence electrons. The molecule has 0 aliphatic rings. The summed E-state index contributed by atoms with van der Waals surface area (Å²) in [5, 5.41) is 2.79. The van der Waals surface area contributed by atoms with Gasteiger partial charge in [-0.25, -0.2) is 4.39 Å². The summed E-state index contributed by atoms with van der Waals surface area (Å²) in [5.74, 6) is -0.142. The van der Waals surface area contributed by atoms with Crippen molar-refractivity contribution in [2.45, 2.75) is 0 Å². The van der Waals surface area contributed by atoms with Gasteiger partial charge in [-0.3, -0.25) is 4.79 Å². The molecule has 0 saturated heterocycles. The zero-order chi connectivity index (χ0) is 12.4. The van der Waals surface area contributed by atoms with E-state index in [0.717, 1.165) is 11.5 Å². The molecule has 1 aromatic carbocycles. The van der Waals surface area contributed by atoms with Gasteiger partial charge in [-0.15, -0.1) is 0 Å². The van der Waals surface area contributed by atoms with Crippen molar-refractivity contribution >= 4 is 28.8 Å². The van der Waals surface area contributed by atoms with E-state index in [1.165, 1.54) is 24.3 Å². The van der Waals surface area contributed by atoms with Crippen LogP contribution in [0.2, 0.25) is 0 Å². The number of benzene rings is 1. The number of carbonyl (C=O) groups is 1. The number of hydrogen-bond donors (Lipinski definition) is 2. The zero-order valence-electron chi connectivity index (χ0n) is 9.03. The smallest absolute Gasteiger partial charge is 0.206 e. The SMILES string of the molecule is CNc1nsc(C(=O)c2ccc(F)cc2)c1N. The van der Waals surface area contributed by atoms with Crippen molar-refractivity contribution < 1.29 is 9.18 Å². The summed E-state index contributed by atoms with van der Waals surface area (Å²) in [6.07, 6.45) is 0. The van der Waals surface area contributed by atoms with Gasteiger partial charge in [-0.2, -0.15) is 4.37 Å². The summed E-state index contributed by atoms with van der Waals surface area (Å²) in [6.45, 7) is 0. The zero-order valence-corrected chi connectivity index (χ0v) is 9.84. The maximum absolute atomic E-state index is 12.7. The lowest BCUT2D eigenvalue weighted by Crippen LogP contribution is -2.03. The number of rotatable bonds is 3. The molecule has 1 aromatic heterocycles. The number of nitrogens with two attached hydrogens (primary N) is 1. The molecular formula is C11H10FN3OS. The Labute approximate surface area is 101 Å². The van der Waals surface area contributed by atoms with Gasteiger partial charge in [0.25, 0.3) is 0 Å². The fraction of sp³-hybridized carbons (Fsp3) is 0.0909. The fourth-order valence-corrected chi connectivity index (χ4v) is 2.14. The second-order valence-electron chi connectivity index (χ2n) is 3.36. The molecule has 0 unspecified atom stereocenters. The summed E-state index contributed by atoms with van der Waals surface area (Å²) < 4.78 is 16.7. The quantitative estimate of drug-likeness (QED) is 0.820. The molecule has 0 aliphatic heterocycles. The first-order valence-corrected chi connectivity index (χ1v) is 5.64. The molecule has 4 nitrogen and oxygen atoms in total. The molecule has 2 aromatic rings. The minimum atomic E-state index is -0.380. The number of ketones is 1. The van der Waals surface area contributed by atoms with E-state index >= 15 is 0 Å². The van der Waals surface area contributed by atoms with Crippen LogP contribution in [0.3, 0.4) is 0 Å². The third kappa shape index (κ3) is 2.12. The molecule has 0 aliphatic carbocycles. The number of hydrogen-bond acceptors (Lipinski definition) is 5. The van der Waals surface area contributed by atoms with E-state index in [9.17, 15) is 9.18 Å². The number of halogens is 1. The Morgan fingerprint density at radius 1 is 1.41 bits per heavy atom. The molecule has 0 fully saturated rings. The monoisotopic (exact) mass is 251 g/mol. The minimum Gasteiger partial charge on any atom is -0.394 e. The predicted octanol–water partition coefficient (Wildman–Crippen LogP) is 2.14. The van der Waals surface area contributed by atoms with Crippen molar-refractivity contribution in [1.29, 1.82) is 0 Å². The molecular weight excluding hydrogens is 241 g/mol. The first kappa shape index (κ1) is 11.5. The summed E-state index contributed by atoms with van der Waals surface area (Å²) >= 11 is 1.03. The molecule has 0 atom stereocenters. The predicted molar refractivity (Wildman–Crippen MR) is 65.9 cm³/mol. The second kappa shape index (κ2) is 4.50. The Bertz CT molecular complexity index is 550. The molecule has 2 rings (SSSR count). The van der Waals surface area contributed by atoms with Crippen LogP contribution in [-0.4, -0.2) is 17.2 Å².